The highest BCUT2D eigenvalue weighted by Gasteiger charge is 2.07. The number of furan rings is 1. The average Bonchev–Trinajstić information content (AvgIpc) is 2.95. The third-order valence-electron chi connectivity index (χ3n) is 2.39. The highest BCUT2D eigenvalue weighted by Crippen LogP contribution is 2.20. The van der Waals surface area contributed by atoms with Gasteiger partial charge >= 0.3 is 0 Å². The number of nitrogens with zero attached hydrogens (tertiary/aromatic N) is 2. The smallest absolute Gasteiger partial charge is 0.225 e. The van der Waals surface area contributed by atoms with E-state index in [1.54, 1.807) is 12.5 Å². The molecule has 0 aliphatic heterocycles. The van der Waals surface area contributed by atoms with Crippen molar-refractivity contribution in [2.75, 3.05) is 5.32 Å². The Morgan fingerprint density at radius 1 is 1.35 bits per heavy atom. The fourth-order valence-corrected chi connectivity index (χ4v) is 1.80. The summed E-state index contributed by atoms with van der Waals surface area (Å²) in [4.78, 5) is 11.3. The number of anilines is 1. The Hall–Kier alpha value is -2.01. The summed E-state index contributed by atoms with van der Waals surface area (Å²) in [5, 5.41) is 3.38. The Kier molecular flexibility index (Phi) is 2.45. The van der Waals surface area contributed by atoms with Crippen LogP contribution in [0.4, 0.5) is 5.82 Å². The molecule has 0 saturated heterocycles. The molecule has 0 radical (unpaired) electrons. The van der Waals surface area contributed by atoms with Gasteiger partial charge in [0, 0.05) is 6.20 Å². The van der Waals surface area contributed by atoms with Gasteiger partial charge in [0.1, 0.15) is 11.3 Å². The van der Waals surface area contributed by atoms with Gasteiger partial charge in [-0.3, -0.25) is 0 Å². The van der Waals surface area contributed by atoms with Gasteiger partial charge in [0.15, 0.2) is 5.82 Å². The molecule has 0 atom stereocenters. The van der Waals surface area contributed by atoms with E-state index in [4.69, 9.17) is 16.0 Å². The summed E-state index contributed by atoms with van der Waals surface area (Å²) in [6, 6.07) is 5.58. The van der Waals surface area contributed by atoms with E-state index in [1.807, 2.05) is 18.2 Å². The van der Waals surface area contributed by atoms with E-state index in [2.05, 4.69) is 20.3 Å². The number of nitrogens with one attached hydrogen (secondary N) is 2. The lowest BCUT2D eigenvalue weighted by atomic mass is 10.4. The molecule has 3 aromatic rings. The molecule has 0 amide bonds. The van der Waals surface area contributed by atoms with Gasteiger partial charge in [-0.15, -0.1) is 0 Å². The maximum absolute atomic E-state index is 5.84. The van der Waals surface area contributed by atoms with Crippen LogP contribution in [0.3, 0.4) is 0 Å². The molecule has 3 heterocycles. The predicted octanol–water partition coefficient (Wildman–Crippen LogP) is 2.82. The van der Waals surface area contributed by atoms with Crippen LogP contribution in [0.5, 0.6) is 0 Å². The Morgan fingerprint density at radius 2 is 2.29 bits per heavy atom. The first-order chi connectivity index (χ1) is 8.33. The van der Waals surface area contributed by atoms with Gasteiger partial charge in [-0.2, -0.15) is 4.98 Å². The van der Waals surface area contributed by atoms with Gasteiger partial charge in [0.25, 0.3) is 0 Å². The normalized spacial score (nSPS) is 10.9. The maximum atomic E-state index is 5.84. The van der Waals surface area contributed by atoms with E-state index in [-0.39, 0.29) is 5.28 Å². The molecule has 0 unspecified atom stereocenters. The Bertz CT molecular complexity index is 632. The third-order valence-corrected chi connectivity index (χ3v) is 2.56. The number of H-pyrrole nitrogens is 1. The van der Waals surface area contributed by atoms with Crippen molar-refractivity contribution >= 4 is 28.5 Å². The second kappa shape index (κ2) is 4.10. The molecule has 0 saturated carbocycles. The van der Waals surface area contributed by atoms with Gasteiger partial charge in [0.2, 0.25) is 5.28 Å². The third kappa shape index (κ3) is 1.97. The minimum absolute atomic E-state index is 0.221. The van der Waals surface area contributed by atoms with E-state index in [1.165, 1.54) is 0 Å². The van der Waals surface area contributed by atoms with Crippen LogP contribution in [0, 0.1) is 0 Å². The minimum atomic E-state index is 0.221. The van der Waals surface area contributed by atoms with Crippen LogP contribution < -0.4 is 5.32 Å². The molecule has 3 aromatic heterocycles. The second-order valence-corrected chi connectivity index (χ2v) is 3.85. The van der Waals surface area contributed by atoms with Crippen LogP contribution in [0.1, 0.15) is 5.76 Å². The van der Waals surface area contributed by atoms with Crippen LogP contribution >= 0.6 is 11.6 Å². The van der Waals surface area contributed by atoms with Crippen LogP contribution in [-0.2, 0) is 6.54 Å². The molecule has 0 spiro atoms. The average molecular weight is 249 g/mol. The van der Waals surface area contributed by atoms with Gasteiger partial charge in [0.05, 0.1) is 18.3 Å². The molecule has 0 aromatic carbocycles. The summed E-state index contributed by atoms with van der Waals surface area (Å²) in [7, 11) is 0. The van der Waals surface area contributed by atoms with Gasteiger partial charge in [-0.05, 0) is 29.8 Å². The lowest BCUT2D eigenvalue weighted by Gasteiger charge is -2.04. The summed E-state index contributed by atoms with van der Waals surface area (Å²) in [6.45, 7) is 0.550. The van der Waals surface area contributed by atoms with Gasteiger partial charge < -0.3 is 14.7 Å². The highest BCUT2D eigenvalue weighted by molar-refractivity contribution is 6.28. The number of aromatic amines is 1. The quantitative estimate of drug-likeness (QED) is 0.700. The molecular formula is C11H9ClN4O. The van der Waals surface area contributed by atoms with Crippen molar-refractivity contribution in [1.82, 2.24) is 15.0 Å². The Labute approximate surface area is 102 Å². The predicted molar refractivity (Wildman–Crippen MR) is 64.9 cm³/mol. The van der Waals surface area contributed by atoms with Crippen molar-refractivity contribution in [1.29, 1.82) is 0 Å². The van der Waals surface area contributed by atoms with Gasteiger partial charge in [-0.1, -0.05) is 0 Å². The van der Waals surface area contributed by atoms with E-state index in [0.717, 1.165) is 16.8 Å². The first-order valence-corrected chi connectivity index (χ1v) is 5.47. The van der Waals surface area contributed by atoms with Crippen molar-refractivity contribution in [3.8, 4) is 0 Å². The fourth-order valence-electron chi connectivity index (χ4n) is 1.63. The molecule has 2 N–H and O–H groups in total. The van der Waals surface area contributed by atoms with Crippen LogP contribution in [-0.4, -0.2) is 15.0 Å². The van der Waals surface area contributed by atoms with Crippen molar-refractivity contribution in [3.05, 3.63) is 41.7 Å². The molecule has 6 heteroatoms. The van der Waals surface area contributed by atoms with Crippen LogP contribution in [0.25, 0.3) is 11.0 Å². The van der Waals surface area contributed by atoms with Crippen molar-refractivity contribution < 1.29 is 4.42 Å². The number of fused-ring (bicyclic) bond motifs is 1. The summed E-state index contributed by atoms with van der Waals surface area (Å²) in [5.74, 6) is 1.50. The fraction of sp³-hybridized carbons (Fsp3) is 0.0909. The lowest BCUT2D eigenvalue weighted by Crippen LogP contribution is -2.02. The molecule has 17 heavy (non-hydrogen) atoms. The minimum Gasteiger partial charge on any atom is -0.467 e. The van der Waals surface area contributed by atoms with Crippen molar-refractivity contribution in [2.24, 2.45) is 0 Å². The van der Waals surface area contributed by atoms with Crippen LogP contribution in [0.2, 0.25) is 5.28 Å². The topological polar surface area (TPSA) is 66.7 Å². The second-order valence-electron chi connectivity index (χ2n) is 3.51. The van der Waals surface area contributed by atoms with Crippen LogP contribution in [0.15, 0.2) is 35.1 Å². The standard InChI is InChI=1S/C11H9ClN4O/c12-11-15-8-3-4-13-9(8)10(16-11)14-6-7-2-1-5-17-7/h1-5,13H,6H2,(H,14,15,16). The van der Waals surface area contributed by atoms with E-state index >= 15 is 0 Å². The summed E-state index contributed by atoms with van der Waals surface area (Å²) in [6.07, 6.45) is 3.43. The SMILES string of the molecule is Clc1nc(NCc2ccco2)c2[nH]ccc2n1. The Balaban J connectivity index is 1.91. The summed E-state index contributed by atoms with van der Waals surface area (Å²) in [5.41, 5.74) is 1.62. The molecule has 0 fully saturated rings. The van der Waals surface area contributed by atoms with E-state index in [9.17, 15) is 0 Å². The van der Waals surface area contributed by atoms with Crippen molar-refractivity contribution in [2.45, 2.75) is 6.54 Å². The first-order valence-electron chi connectivity index (χ1n) is 5.10. The first kappa shape index (κ1) is 10.2. The molecule has 86 valence electrons. The maximum Gasteiger partial charge on any atom is 0.225 e. The zero-order valence-corrected chi connectivity index (χ0v) is 9.53. The zero-order valence-electron chi connectivity index (χ0n) is 8.77. The molecule has 0 aliphatic carbocycles. The molecule has 5 nitrogen and oxygen atoms in total. The number of hydrogen-bond acceptors (Lipinski definition) is 4. The monoisotopic (exact) mass is 248 g/mol. The molecule has 0 bridgehead atoms. The summed E-state index contributed by atoms with van der Waals surface area (Å²) < 4.78 is 5.23. The molecule has 0 aliphatic rings. The molecule has 3 rings (SSSR count). The van der Waals surface area contributed by atoms with E-state index in [0.29, 0.717) is 12.4 Å². The zero-order chi connectivity index (χ0) is 11.7. The van der Waals surface area contributed by atoms with Crippen molar-refractivity contribution in [3.63, 3.8) is 0 Å². The number of hydrogen-bond donors (Lipinski definition) is 2. The summed E-state index contributed by atoms with van der Waals surface area (Å²) >= 11 is 5.84. The lowest BCUT2D eigenvalue weighted by molar-refractivity contribution is 0.518. The largest absolute Gasteiger partial charge is 0.467 e. The van der Waals surface area contributed by atoms with E-state index < -0.39 is 0 Å². The Morgan fingerprint density at radius 3 is 3.12 bits per heavy atom. The number of rotatable bonds is 3. The number of halogens is 1. The number of aromatic nitrogens is 3. The molecular weight excluding hydrogens is 240 g/mol. The van der Waals surface area contributed by atoms with Gasteiger partial charge in [-0.25, -0.2) is 4.98 Å². The highest BCUT2D eigenvalue weighted by atomic mass is 35.5.